The molecule has 1 heterocycles. The number of carboxylic acids is 1. The van der Waals surface area contributed by atoms with Crippen LogP contribution in [0.2, 0.25) is 0 Å². The van der Waals surface area contributed by atoms with Crippen LogP contribution in [0.15, 0.2) is 36.4 Å². The number of carbonyl (C=O) groups excluding carboxylic acids is 1. The van der Waals surface area contributed by atoms with E-state index in [1.54, 1.807) is 13.0 Å². The molecule has 0 unspecified atom stereocenters. The van der Waals surface area contributed by atoms with Crippen molar-refractivity contribution in [1.82, 2.24) is 4.98 Å². The Labute approximate surface area is 119 Å². The molecule has 5 nitrogen and oxygen atoms in total. The van der Waals surface area contributed by atoms with E-state index >= 15 is 0 Å². The van der Waals surface area contributed by atoms with E-state index in [0.29, 0.717) is 5.69 Å². The molecule has 0 aliphatic rings. The van der Waals surface area contributed by atoms with Crippen molar-refractivity contribution in [3.8, 4) is 0 Å². The summed E-state index contributed by atoms with van der Waals surface area (Å²) < 4.78 is 0. The van der Waals surface area contributed by atoms with Crippen LogP contribution >= 0.6 is 11.3 Å². The molecular formula is C14H12N2O3S. The average Bonchev–Trinajstić information content (AvgIpc) is 2.78. The van der Waals surface area contributed by atoms with Crippen molar-refractivity contribution in [2.24, 2.45) is 0 Å². The van der Waals surface area contributed by atoms with E-state index in [9.17, 15) is 9.59 Å². The molecule has 2 N–H and O–H groups in total. The number of hydrogen-bond donors (Lipinski definition) is 2. The monoisotopic (exact) mass is 288 g/mol. The Morgan fingerprint density at radius 1 is 1.30 bits per heavy atom. The molecule has 1 aromatic heterocycles. The molecule has 20 heavy (non-hydrogen) atoms. The standard InChI is InChI=1S/C14H12N2O3S/c1-9-12(13(18)19)20-14(15-9)16-11(17)8-7-10-5-3-2-4-6-10/h2-8H,1H3,(H,18,19)(H,15,16,17)/b8-7+. The van der Waals surface area contributed by atoms with E-state index < -0.39 is 5.97 Å². The molecule has 0 bridgehead atoms. The molecule has 0 aliphatic heterocycles. The van der Waals surface area contributed by atoms with Crippen LogP contribution < -0.4 is 5.32 Å². The number of amides is 1. The molecule has 1 amide bonds. The van der Waals surface area contributed by atoms with Crippen molar-refractivity contribution in [2.45, 2.75) is 6.92 Å². The van der Waals surface area contributed by atoms with Gasteiger partial charge in [0.05, 0.1) is 5.69 Å². The Hall–Kier alpha value is -2.47. The van der Waals surface area contributed by atoms with Crippen LogP contribution in [0, 0.1) is 6.92 Å². The largest absolute Gasteiger partial charge is 0.477 e. The fourth-order valence-corrected chi connectivity index (χ4v) is 2.34. The Balaban J connectivity index is 2.03. The zero-order chi connectivity index (χ0) is 14.5. The van der Waals surface area contributed by atoms with E-state index in [0.717, 1.165) is 16.9 Å². The van der Waals surface area contributed by atoms with Crippen LogP contribution in [-0.4, -0.2) is 22.0 Å². The summed E-state index contributed by atoms with van der Waals surface area (Å²) in [6, 6.07) is 9.39. The maximum absolute atomic E-state index is 11.7. The van der Waals surface area contributed by atoms with Gasteiger partial charge in [-0.3, -0.25) is 10.1 Å². The zero-order valence-electron chi connectivity index (χ0n) is 10.7. The van der Waals surface area contributed by atoms with Crippen LogP contribution in [0.25, 0.3) is 6.08 Å². The third kappa shape index (κ3) is 3.52. The number of rotatable bonds is 4. The van der Waals surface area contributed by atoms with Crippen LogP contribution in [-0.2, 0) is 4.79 Å². The summed E-state index contributed by atoms with van der Waals surface area (Å²) in [6.07, 6.45) is 3.06. The average molecular weight is 288 g/mol. The van der Waals surface area contributed by atoms with Crippen LogP contribution in [0.1, 0.15) is 20.9 Å². The van der Waals surface area contributed by atoms with Crippen LogP contribution in [0.3, 0.4) is 0 Å². The summed E-state index contributed by atoms with van der Waals surface area (Å²) in [7, 11) is 0. The maximum atomic E-state index is 11.7. The summed E-state index contributed by atoms with van der Waals surface area (Å²) in [4.78, 5) is 26.7. The van der Waals surface area contributed by atoms with Gasteiger partial charge in [0.15, 0.2) is 5.13 Å². The number of aromatic nitrogens is 1. The normalized spacial score (nSPS) is 10.7. The Bertz CT molecular complexity index is 662. The molecule has 0 radical (unpaired) electrons. The number of anilines is 1. The SMILES string of the molecule is Cc1nc(NC(=O)/C=C/c2ccccc2)sc1C(=O)O. The van der Waals surface area contributed by atoms with Crippen molar-refractivity contribution in [3.05, 3.63) is 52.5 Å². The number of thiazole rings is 1. The molecule has 6 heteroatoms. The first-order valence-corrected chi connectivity index (χ1v) is 6.63. The van der Waals surface area contributed by atoms with Gasteiger partial charge in [0.25, 0.3) is 0 Å². The minimum absolute atomic E-state index is 0.132. The molecule has 2 rings (SSSR count). The summed E-state index contributed by atoms with van der Waals surface area (Å²) in [5, 5.41) is 11.7. The molecule has 0 spiro atoms. The second kappa shape index (κ2) is 6.12. The quantitative estimate of drug-likeness (QED) is 0.848. The number of nitrogens with zero attached hydrogens (tertiary/aromatic N) is 1. The summed E-state index contributed by atoms with van der Waals surface area (Å²) in [6.45, 7) is 1.59. The minimum Gasteiger partial charge on any atom is -0.477 e. The topological polar surface area (TPSA) is 79.3 Å². The van der Waals surface area contributed by atoms with Gasteiger partial charge in [0.1, 0.15) is 4.88 Å². The van der Waals surface area contributed by atoms with E-state index in [1.807, 2.05) is 30.3 Å². The van der Waals surface area contributed by atoms with Crippen molar-refractivity contribution in [2.75, 3.05) is 5.32 Å². The van der Waals surface area contributed by atoms with Gasteiger partial charge < -0.3 is 5.11 Å². The number of nitrogens with one attached hydrogen (secondary N) is 1. The number of hydrogen-bond acceptors (Lipinski definition) is 4. The predicted molar refractivity (Wildman–Crippen MR) is 77.9 cm³/mol. The van der Waals surface area contributed by atoms with Crippen LogP contribution in [0.4, 0.5) is 5.13 Å². The van der Waals surface area contributed by atoms with E-state index in [1.165, 1.54) is 6.08 Å². The molecular weight excluding hydrogens is 276 g/mol. The first-order valence-electron chi connectivity index (χ1n) is 5.81. The molecule has 0 atom stereocenters. The summed E-state index contributed by atoms with van der Waals surface area (Å²) in [5.74, 6) is -1.39. The molecule has 2 aromatic rings. The van der Waals surface area contributed by atoms with Gasteiger partial charge in [-0.15, -0.1) is 0 Å². The fraction of sp³-hybridized carbons (Fsp3) is 0.0714. The molecule has 0 saturated heterocycles. The zero-order valence-corrected chi connectivity index (χ0v) is 11.5. The Morgan fingerprint density at radius 2 is 2.00 bits per heavy atom. The lowest BCUT2D eigenvalue weighted by Crippen LogP contribution is -2.07. The molecule has 0 fully saturated rings. The van der Waals surface area contributed by atoms with Gasteiger partial charge >= 0.3 is 5.97 Å². The number of carboxylic acid groups (broad SMARTS) is 1. The lowest BCUT2D eigenvalue weighted by Gasteiger charge is -1.95. The predicted octanol–water partition coefficient (Wildman–Crippen LogP) is 2.80. The second-order valence-corrected chi connectivity index (χ2v) is 4.97. The summed E-state index contributed by atoms with van der Waals surface area (Å²) >= 11 is 0.941. The third-order valence-electron chi connectivity index (χ3n) is 2.45. The van der Waals surface area contributed by atoms with Gasteiger partial charge in [-0.05, 0) is 18.6 Å². The highest BCUT2D eigenvalue weighted by molar-refractivity contribution is 7.17. The lowest BCUT2D eigenvalue weighted by atomic mass is 10.2. The Morgan fingerprint density at radius 3 is 2.60 bits per heavy atom. The van der Waals surface area contributed by atoms with E-state index in [2.05, 4.69) is 10.3 Å². The fourth-order valence-electron chi connectivity index (χ4n) is 1.53. The Kier molecular flexibility index (Phi) is 4.27. The van der Waals surface area contributed by atoms with Crippen molar-refractivity contribution in [3.63, 3.8) is 0 Å². The number of carbonyl (C=O) groups is 2. The molecule has 1 aromatic carbocycles. The lowest BCUT2D eigenvalue weighted by molar-refractivity contribution is -0.111. The van der Waals surface area contributed by atoms with E-state index in [-0.39, 0.29) is 15.9 Å². The van der Waals surface area contributed by atoms with Crippen LogP contribution in [0.5, 0.6) is 0 Å². The van der Waals surface area contributed by atoms with Crippen molar-refractivity contribution >= 4 is 34.4 Å². The van der Waals surface area contributed by atoms with Crippen molar-refractivity contribution < 1.29 is 14.7 Å². The first-order chi connectivity index (χ1) is 9.56. The number of aromatic carboxylic acids is 1. The van der Waals surface area contributed by atoms with Gasteiger partial charge in [0.2, 0.25) is 5.91 Å². The van der Waals surface area contributed by atoms with Gasteiger partial charge in [-0.1, -0.05) is 41.7 Å². The first kappa shape index (κ1) is 14.0. The summed E-state index contributed by atoms with van der Waals surface area (Å²) in [5.41, 5.74) is 1.30. The maximum Gasteiger partial charge on any atom is 0.347 e. The highest BCUT2D eigenvalue weighted by Gasteiger charge is 2.14. The van der Waals surface area contributed by atoms with Crippen molar-refractivity contribution in [1.29, 1.82) is 0 Å². The second-order valence-electron chi connectivity index (χ2n) is 3.97. The van der Waals surface area contributed by atoms with Gasteiger partial charge in [-0.25, -0.2) is 9.78 Å². The highest BCUT2D eigenvalue weighted by Crippen LogP contribution is 2.22. The molecule has 0 saturated carbocycles. The third-order valence-corrected chi connectivity index (χ3v) is 3.51. The van der Waals surface area contributed by atoms with Gasteiger partial charge in [0, 0.05) is 6.08 Å². The molecule has 102 valence electrons. The number of aryl methyl sites for hydroxylation is 1. The molecule has 0 aliphatic carbocycles. The number of benzene rings is 1. The highest BCUT2D eigenvalue weighted by atomic mass is 32.1. The van der Waals surface area contributed by atoms with E-state index in [4.69, 9.17) is 5.11 Å². The minimum atomic E-state index is -1.04. The smallest absolute Gasteiger partial charge is 0.347 e. The van der Waals surface area contributed by atoms with Gasteiger partial charge in [-0.2, -0.15) is 0 Å².